The van der Waals surface area contributed by atoms with Crippen molar-refractivity contribution in [2.45, 2.75) is 19.5 Å². The van der Waals surface area contributed by atoms with Crippen molar-refractivity contribution in [3.63, 3.8) is 0 Å². The summed E-state index contributed by atoms with van der Waals surface area (Å²) in [4.78, 5) is 31.8. The number of nitrogens with zero attached hydrogens (tertiary/aromatic N) is 4. The molecule has 0 saturated carbocycles. The van der Waals surface area contributed by atoms with Gasteiger partial charge in [0, 0.05) is 38.6 Å². The summed E-state index contributed by atoms with van der Waals surface area (Å²) in [6.07, 6.45) is 3.39. The number of hydrogen-bond donors (Lipinski definition) is 1. The van der Waals surface area contributed by atoms with Gasteiger partial charge in [0.15, 0.2) is 0 Å². The molecule has 2 aliphatic rings. The van der Waals surface area contributed by atoms with E-state index in [1.54, 1.807) is 16.0 Å². The molecule has 1 N–H and O–H groups in total. The van der Waals surface area contributed by atoms with Gasteiger partial charge in [-0.15, -0.1) is 0 Å². The average Bonchev–Trinajstić information content (AvgIpc) is 3.25. The van der Waals surface area contributed by atoms with E-state index in [4.69, 9.17) is 4.74 Å². The van der Waals surface area contributed by atoms with Gasteiger partial charge in [0.05, 0.1) is 11.7 Å². The first-order chi connectivity index (χ1) is 12.6. The maximum absolute atomic E-state index is 12.6. The number of imidazole rings is 1. The highest BCUT2D eigenvalue weighted by molar-refractivity contribution is 5.76. The lowest BCUT2D eigenvalue weighted by Gasteiger charge is -2.35. The summed E-state index contributed by atoms with van der Waals surface area (Å²) in [7, 11) is 0. The van der Waals surface area contributed by atoms with Crippen molar-refractivity contribution in [3.8, 4) is 5.69 Å². The number of carbonyl (C=O) groups is 2. The van der Waals surface area contributed by atoms with Crippen molar-refractivity contribution in [1.82, 2.24) is 24.7 Å². The van der Waals surface area contributed by atoms with Crippen LogP contribution in [-0.4, -0.2) is 63.8 Å². The molecule has 4 rings (SSSR count). The molecule has 2 aromatic rings. The van der Waals surface area contributed by atoms with Crippen LogP contribution in [0.1, 0.15) is 11.4 Å². The summed E-state index contributed by atoms with van der Waals surface area (Å²) in [6, 6.07) is 7.77. The van der Waals surface area contributed by atoms with Crippen molar-refractivity contribution in [2.24, 2.45) is 0 Å². The molecule has 1 aromatic carbocycles. The van der Waals surface area contributed by atoms with Crippen LogP contribution in [0.4, 0.5) is 9.59 Å². The van der Waals surface area contributed by atoms with E-state index in [-0.39, 0.29) is 18.2 Å². The van der Waals surface area contributed by atoms with Gasteiger partial charge >= 0.3 is 12.1 Å². The zero-order valence-electron chi connectivity index (χ0n) is 14.6. The summed E-state index contributed by atoms with van der Waals surface area (Å²) in [5.41, 5.74) is 2.02. The van der Waals surface area contributed by atoms with Crippen molar-refractivity contribution in [2.75, 3.05) is 26.2 Å². The fourth-order valence-corrected chi connectivity index (χ4v) is 3.48. The van der Waals surface area contributed by atoms with E-state index in [1.165, 1.54) is 0 Å². The second-order valence-electron chi connectivity index (χ2n) is 6.50. The smallest absolute Gasteiger partial charge is 0.410 e. The van der Waals surface area contributed by atoms with Gasteiger partial charge in [0.25, 0.3) is 0 Å². The first-order valence-electron chi connectivity index (χ1n) is 8.68. The van der Waals surface area contributed by atoms with Gasteiger partial charge < -0.3 is 19.5 Å². The first-order valence-corrected chi connectivity index (χ1v) is 8.68. The van der Waals surface area contributed by atoms with Gasteiger partial charge in [-0.05, 0) is 18.6 Å². The predicted octanol–water partition coefficient (Wildman–Crippen LogP) is 1.53. The molecule has 0 spiro atoms. The van der Waals surface area contributed by atoms with Crippen LogP contribution in [0.3, 0.4) is 0 Å². The summed E-state index contributed by atoms with van der Waals surface area (Å²) >= 11 is 0. The summed E-state index contributed by atoms with van der Waals surface area (Å²) in [5.74, 6) is 0.894. The lowest BCUT2D eigenvalue weighted by Crippen LogP contribution is -2.55. The largest absolute Gasteiger partial charge is 0.447 e. The normalized spacial score (nSPS) is 19.3. The van der Waals surface area contributed by atoms with Crippen LogP contribution in [0.2, 0.25) is 0 Å². The number of amides is 3. The standard InChI is InChI=1S/C18H21N5O3/c1-13-19-6-7-22(13)16-5-3-2-4-14(16)10-20-17(24)21-8-9-23-15(11-21)12-26-18(23)25/h2-7,15H,8-12H2,1H3,(H,20,24)/t15-/m1/s1. The number of fused-ring (bicyclic) bond motifs is 1. The number of aryl methyl sites for hydroxylation is 1. The van der Waals surface area contributed by atoms with Crippen LogP contribution in [0, 0.1) is 6.92 Å². The van der Waals surface area contributed by atoms with Crippen LogP contribution in [0.5, 0.6) is 0 Å². The maximum Gasteiger partial charge on any atom is 0.410 e. The van der Waals surface area contributed by atoms with Crippen LogP contribution in [-0.2, 0) is 11.3 Å². The molecule has 0 radical (unpaired) electrons. The third-order valence-corrected chi connectivity index (χ3v) is 4.91. The van der Waals surface area contributed by atoms with E-state index in [0.717, 1.165) is 17.1 Å². The molecule has 0 bridgehead atoms. The van der Waals surface area contributed by atoms with Gasteiger partial charge in [-0.3, -0.25) is 4.90 Å². The van der Waals surface area contributed by atoms with Crippen molar-refractivity contribution in [3.05, 3.63) is 48.0 Å². The topological polar surface area (TPSA) is 79.7 Å². The van der Waals surface area contributed by atoms with Crippen LogP contribution < -0.4 is 5.32 Å². The van der Waals surface area contributed by atoms with E-state index >= 15 is 0 Å². The van der Waals surface area contributed by atoms with E-state index in [0.29, 0.717) is 32.8 Å². The monoisotopic (exact) mass is 355 g/mol. The zero-order valence-corrected chi connectivity index (χ0v) is 14.6. The Kier molecular flexibility index (Phi) is 4.24. The fraction of sp³-hybridized carbons (Fsp3) is 0.389. The number of para-hydroxylation sites is 1. The van der Waals surface area contributed by atoms with Gasteiger partial charge in [-0.25, -0.2) is 14.6 Å². The molecule has 8 nitrogen and oxygen atoms in total. The second kappa shape index (κ2) is 6.70. The Morgan fingerprint density at radius 2 is 2.19 bits per heavy atom. The minimum Gasteiger partial charge on any atom is -0.447 e. The molecule has 8 heteroatoms. The summed E-state index contributed by atoms with van der Waals surface area (Å²) in [6.45, 7) is 4.25. The Bertz CT molecular complexity index is 834. The molecular formula is C18H21N5O3. The maximum atomic E-state index is 12.6. The van der Waals surface area contributed by atoms with Crippen molar-refractivity contribution >= 4 is 12.1 Å². The van der Waals surface area contributed by atoms with Crippen LogP contribution >= 0.6 is 0 Å². The Hall–Kier alpha value is -3.03. The molecule has 3 heterocycles. The van der Waals surface area contributed by atoms with Crippen LogP contribution in [0.25, 0.3) is 5.69 Å². The average molecular weight is 355 g/mol. The molecule has 2 aliphatic heterocycles. The van der Waals surface area contributed by atoms with Gasteiger partial charge in [0.2, 0.25) is 0 Å². The molecule has 2 saturated heterocycles. The molecule has 3 amide bonds. The molecule has 0 aliphatic carbocycles. The minimum atomic E-state index is -0.278. The number of piperazine rings is 1. The first kappa shape index (κ1) is 16.4. The van der Waals surface area contributed by atoms with Crippen LogP contribution in [0.15, 0.2) is 36.7 Å². The van der Waals surface area contributed by atoms with Crippen molar-refractivity contribution in [1.29, 1.82) is 0 Å². The molecule has 136 valence electrons. The van der Waals surface area contributed by atoms with Gasteiger partial charge in [-0.2, -0.15) is 0 Å². The lowest BCUT2D eigenvalue weighted by atomic mass is 10.1. The quantitative estimate of drug-likeness (QED) is 0.905. The Labute approximate surface area is 151 Å². The molecule has 1 atom stereocenters. The number of urea groups is 1. The predicted molar refractivity (Wildman–Crippen MR) is 94.0 cm³/mol. The number of cyclic esters (lactones) is 1. The second-order valence-corrected chi connectivity index (χ2v) is 6.50. The van der Waals surface area contributed by atoms with E-state index in [2.05, 4.69) is 10.3 Å². The number of hydrogen-bond acceptors (Lipinski definition) is 4. The Morgan fingerprint density at radius 1 is 1.35 bits per heavy atom. The third kappa shape index (κ3) is 2.98. The number of nitrogens with one attached hydrogen (secondary N) is 1. The lowest BCUT2D eigenvalue weighted by molar-refractivity contribution is 0.127. The highest BCUT2D eigenvalue weighted by Crippen LogP contribution is 2.19. The highest BCUT2D eigenvalue weighted by atomic mass is 16.6. The molecule has 26 heavy (non-hydrogen) atoms. The molecule has 1 aromatic heterocycles. The third-order valence-electron chi connectivity index (χ3n) is 4.91. The Balaban J connectivity index is 1.41. The fourth-order valence-electron chi connectivity index (χ4n) is 3.48. The van der Waals surface area contributed by atoms with E-state index in [9.17, 15) is 9.59 Å². The molecule has 2 fully saturated rings. The molecule has 0 unspecified atom stereocenters. The van der Waals surface area contributed by atoms with Gasteiger partial charge in [0.1, 0.15) is 12.4 Å². The number of rotatable bonds is 3. The number of carbonyl (C=O) groups excluding carboxylic acids is 2. The SMILES string of the molecule is Cc1nccn1-c1ccccc1CNC(=O)N1CCN2C(=O)OC[C@H]2C1. The number of aromatic nitrogens is 2. The van der Waals surface area contributed by atoms with Crippen molar-refractivity contribution < 1.29 is 14.3 Å². The van der Waals surface area contributed by atoms with E-state index in [1.807, 2.05) is 42.0 Å². The zero-order chi connectivity index (χ0) is 18.1. The van der Waals surface area contributed by atoms with Gasteiger partial charge in [-0.1, -0.05) is 18.2 Å². The molecular weight excluding hydrogens is 334 g/mol. The number of benzene rings is 1. The summed E-state index contributed by atoms with van der Waals surface area (Å²) in [5, 5.41) is 2.99. The highest BCUT2D eigenvalue weighted by Gasteiger charge is 2.38. The van der Waals surface area contributed by atoms with E-state index < -0.39 is 0 Å². The number of ether oxygens (including phenoxy) is 1. The summed E-state index contributed by atoms with van der Waals surface area (Å²) < 4.78 is 7.05. The minimum absolute atomic E-state index is 0.0390. The Morgan fingerprint density at radius 3 is 3.00 bits per heavy atom.